The Balaban J connectivity index is 0.00000261. The van der Waals surface area contributed by atoms with E-state index >= 15 is 0 Å². The van der Waals surface area contributed by atoms with Crippen LogP contribution in [0.3, 0.4) is 0 Å². The first-order valence-electron chi connectivity index (χ1n) is 8.03. The summed E-state index contributed by atoms with van der Waals surface area (Å²) < 4.78 is 45.9. The maximum absolute atomic E-state index is 14.1. The summed E-state index contributed by atoms with van der Waals surface area (Å²) in [5.74, 6) is -2.16. The van der Waals surface area contributed by atoms with Crippen molar-refractivity contribution in [2.24, 2.45) is 5.73 Å². The monoisotopic (exact) mass is 414 g/mol. The number of sulfonamides is 1. The van der Waals surface area contributed by atoms with Crippen LogP contribution in [0.15, 0.2) is 53.4 Å². The van der Waals surface area contributed by atoms with E-state index in [0.29, 0.717) is 0 Å². The van der Waals surface area contributed by atoms with Gasteiger partial charge in [-0.05, 0) is 17.7 Å². The molecule has 0 aromatic heterocycles. The zero-order valence-corrected chi connectivity index (χ0v) is 16.2. The number of esters is 1. The molecule has 0 radical (unpaired) electrons. The van der Waals surface area contributed by atoms with E-state index in [1.165, 1.54) is 16.4 Å². The Hall–Kier alpha value is -2.00. The van der Waals surface area contributed by atoms with Crippen LogP contribution in [-0.2, 0) is 14.8 Å². The van der Waals surface area contributed by atoms with Crippen LogP contribution >= 0.6 is 12.4 Å². The predicted molar refractivity (Wildman–Crippen MR) is 101 cm³/mol. The number of hydrogen-bond acceptors (Lipinski definition) is 5. The van der Waals surface area contributed by atoms with E-state index in [2.05, 4.69) is 4.74 Å². The maximum Gasteiger partial charge on any atom is 0.342 e. The highest BCUT2D eigenvalue weighted by molar-refractivity contribution is 7.89. The summed E-state index contributed by atoms with van der Waals surface area (Å²) >= 11 is 0. The Morgan fingerprint density at radius 2 is 1.81 bits per heavy atom. The molecular weight excluding hydrogens is 395 g/mol. The Morgan fingerprint density at radius 3 is 2.44 bits per heavy atom. The molecule has 9 heteroatoms. The van der Waals surface area contributed by atoms with Crippen LogP contribution in [0.4, 0.5) is 4.39 Å². The molecule has 27 heavy (non-hydrogen) atoms. The van der Waals surface area contributed by atoms with Crippen LogP contribution in [0.25, 0.3) is 0 Å². The number of ether oxygens (including phenoxy) is 1. The molecule has 146 valence electrons. The van der Waals surface area contributed by atoms with Gasteiger partial charge in [0.1, 0.15) is 11.4 Å². The second-order valence-corrected chi connectivity index (χ2v) is 8.01. The summed E-state index contributed by atoms with van der Waals surface area (Å²) in [5.41, 5.74) is 6.50. The average molecular weight is 415 g/mol. The standard InChI is InChI=1S/C18H19FN2O4S.ClH/c1-25-18(22)17-14(19)8-5-9-16(17)26(23,24)21-10-13(15(20)11-21)12-6-3-2-4-7-12;/h2-9,13,15H,10-11,20H2,1H3;1H/t13-,15+;/m0./s1. The highest BCUT2D eigenvalue weighted by Gasteiger charge is 2.40. The van der Waals surface area contributed by atoms with Crippen molar-refractivity contribution in [3.8, 4) is 0 Å². The second-order valence-electron chi connectivity index (χ2n) is 6.11. The van der Waals surface area contributed by atoms with Gasteiger partial charge in [-0.25, -0.2) is 17.6 Å². The summed E-state index contributed by atoms with van der Waals surface area (Å²) in [6, 6.07) is 12.4. The number of carbonyl (C=O) groups excluding carboxylic acids is 1. The summed E-state index contributed by atoms with van der Waals surface area (Å²) in [4.78, 5) is 11.5. The number of nitrogens with zero attached hydrogens (tertiary/aromatic N) is 1. The van der Waals surface area contributed by atoms with Gasteiger partial charge in [0.05, 0.1) is 12.0 Å². The molecule has 1 aliphatic rings. The molecule has 0 amide bonds. The molecule has 2 N–H and O–H groups in total. The van der Waals surface area contributed by atoms with E-state index < -0.39 is 38.3 Å². The van der Waals surface area contributed by atoms with Crippen molar-refractivity contribution in [3.63, 3.8) is 0 Å². The van der Waals surface area contributed by atoms with E-state index in [9.17, 15) is 17.6 Å². The van der Waals surface area contributed by atoms with E-state index in [4.69, 9.17) is 5.73 Å². The van der Waals surface area contributed by atoms with Crippen molar-refractivity contribution >= 4 is 28.4 Å². The molecule has 2 atom stereocenters. The normalized spacial score (nSPS) is 20.1. The fourth-order valence-corrected chi connectivity index (χ4v) is 4.89. The minimum atomic E-state index is -4.11. The molecule has 0 bridgehead atoms. The van der Waals surface area contributed by atoms with E-state index in [1.54, 1.807) is 0 Å². The lowest BCUT2D eigenvalue weighted by Crippen LogP contribution is -2.33. The summed E-state index contributed by atoms with van der Waals surface area (Å²) in [6.45, 7) is 0.240. The van der Waals surface area contributed by atoms with Gasteiger partial charge < -0.3 is 10.5 Å². The minimum absolute atomic E-state index is 0. The first-order chi connectivity index (χ1) is 12.4. The van der Waals surface area contributed by atoms with Crippen LogP contribution in [0, 0.1) is 5.82 Å². The van der Waals surface area contributed by atoms with Gasteiger partial charge in [-0.2, -0.15) is 4.31 Å². The highest BCUT2D eigenvalue weighted by atomic mass is 35.5. The highest BCUT2D eigenvalue weighted by Crippen LogP contribution is 2.32. The molecule has 1 aliphatic heterocycles. The molecule has 0 saturated carbocycles. The summed E-state index contributed by atoms with van der Waals surface area (Å²) in [6.07, 6.45) is 0. The van der Waals surface area contributed by atoms with Gasteiger partial charge in [-0.1, -0.05) is 36.4 Å². The van der Waals surface area contributed by atoms with Crippen molar-refractivity contribution in [3.05, 3.63) is 65.5 Å². The third-order valence-corrected chi connectivity index (χ3v) is 6.42. The molecule has 2 aromatic rings. The van der Waals surface area contributed by atoms with E-state index in [1.807, 2.05) is 30.3 Å². The van der Waals surface area contributed by atoms with Gasteiger partial charge >= 0.3 is 5.97 Å². The van der Waals surface area contributed by atoms with Gasteiger partial charge in [-0.15, -0.1) is 12.4 Å². The lowest BCUT2D eigenvalue weighted by molar-refractivity contribution is 0.0590. The lowest BCUT2D eigenvalue weighted by atomic mass is 9.95. The molecule has 1 saturated heterocycles. The van der Waals surface area contributed by atoms with Crippen molar-refractivity contribution in [1.29, 1.82) is 0 Å². The molecule has 1 fully saturated rings. The zero-order valence-electron chi connectivity index (χ0n) is 14.5. The zero-order chi connectivity index (χ0) is 18.9. The fourth-order valence-electron chi connectivity index (χ4n) is 3.20. The summed E-state index contributed by atoms with van der Waals surface area (Å²) in [5, 5.41) is 0. The maximum atomic E-state index is 14.1. The van der Waals surface area contributed by atoms with Crippen molar-refractivity contribution in [2.75, 3.05) is 20.2 Å². The Kier molecular flexibility index (Phi) is 6.59. The number of carbonyl (C=O) groups is 1. The third kappa shape index (κ3) is 3.98. The van der Waals surface area contributed by atoms with Gasteiger partial charge in [0.2, 0.25) is 10.0 Å². The smallest absolute Gasteiger partial charge is 0.342 e. The number of hydrogen-bond donors (Lipinski definition) is 1. The Labute approximate surface area is 163 Å². The van der Waals surface area contributed by atoms with Gasteiger partial charge in [0, 0.05) is 25.0 Å². The summed E-state index contributed by atoms with van der Waals surface area (Å²) in [7, 11) is -3.04. The first kappa shape index (κ1) is 21.3. The average Bonchev–Trinajstić information content (AvgIpc) is 3.04. The third-order valence-electron chi connectivity index (χ3n) is 4.54. The number of methoxy groups -OCH3 is 1. The van der Waals surface area contributed by atoms with Crippen LogP contribution in [0.2, 0.25) is 0 Å². The van der Waals surface area contributed by atoms with Crippen molar-refractivity contribution in [2.45, 2.75) is 16.9 Å². The van der Waals surface area contributed by atoms with Crippen LogP contribution < -0.4 is 5.73 Å². The second kappa shape index (κ2) is 8.35. The fraction of sp³-hybridized carbons (Fsp3) is 0.278. The van der Waals surface area contributed by atoms with Crippen LogP contribution in [0.5, 0.6) is 0 Å². The van der Waals surface area contributed by atoms with Gasteiger partial charge in [0.25, 0.3) is 0 Å². The molecule has 3 rings (SSSR count). The topological polar surface area (TPSA) is 89.7 Å². The molecule has 2 aromatic carbocycles. The minimum Gasteiger partial charge on any atom is -0.465 e. The van der Waals surface area contributed by atoms with Crippen LogP contribution in [-0.4, -0.2) is 44.9 Å². The van der Waals surface area contributed by atoms with E-state index in [-0.39, 0.29) is 31.4 Å². The SMILES string of the molecule is COC(=O)c1c(F)cccc1S(=O)(=O)N1C[C@@H](N)[C@H](c2ccccc2)C1.Cl. The van der Waals surface area contributed by atoms with Crippen LogP contribution in [0.1, 0.15) is 21.8 Å². The lowest BCUT2D eigenvalue weighted by Gasteiger charge is -2.18. The number of halogens is 2. The van der Waals surface area contributed by atoms with Crippen molar-refractivity contribution < 1.29 is 22.3 Å². The molecule has 0 unspecified atom stereocenters. The quantitative estimate of drug-likeness (QED) is 0.774. The molecular formula is C18H20ClFN2O4S. The molecule has 0 aliphatic carbocycles. The Bertz CT molecular complexity index is 924. The van der Waals surface area contributed by atoms with Gasteiger partial charge in [0.15, 0.2) is 0 Å². The first-order valence-corrected chi connectivity index (χ1v) is 9.47. The Morgan fingerprint density at radius 1 is 1.15 bits per heavy atom. The molecule has 0 spiro atoms. The molecule has 1 heterocycles. The van der Waals surface area contributed by atoms with E-state index in [0.717, 1.165) is 18.7 Å². The number of rotatable bonds is 4. The van der Waals surface area contributed by atoms with Gasteiger partial charge in [-0.3, -0.25) is 0 Å². The van der Waals surface area contributed by atoms with Crippen molar-refractivity contribution in [1.82, 2.24) is 4.31 Å². The number of benzene rings is 2. The molecule has 6 nitrogen and oxygen atoms in total. The predicted octanol–water partition coefficient (Wildman–Crippen LogP) is 2.15. The number of nitrogens with two attached hydrogens (primary N) is 1. The largest absolute Gasteiger partial charge is 0.465 e.